The molecule has 2 atom stereocenters. The molecule has 1 saturated heterocycles. The first-order valence-corrected chi connectivity index (χ1v) is 10.7. The largest absolute Gasteiger partial charge is 0.446 e. The van der Waals surface area contributed by atoms with Crippen molar-refractivity contribution in [3.05, 3.63) is 29.8 Å². The minimum Gasteiger partial charge on any atom is -0.446 e. The Morgan fingerprint density at radius 3 is 2.42 bits per heavy atom. The SMILES string of the molecule is Cc1ccc(S(=O)(=O)N2C(=O)OCC2C(Br)C2CCCCC2)cc1. The lowest BCUT2D eigenvalue weighted by Gasteiger charge is -2.32. The van der Waals surface area contributed by atoms with Crippen molar-refractivity contribution in [3.63, 3.8) is 0 Å². The Balaban J connectivity index is 1.88. The lowest BCUT2D eigenvalue weighted by molar-refractivity contribution is 0.169. The van der Waals surface area contributed by atoms with E-state index in [0.29, 0.717) is 5.92 Å². The molecular formula is C17H22BrNO4S. The number of halogens is 1. The van der Waals surface area contributed by atoms with Crippen LogP contribution in [0.2, 0.25) is 0 Å². The molecule has 1 saturated carbocycles. The van der Waals surface area contributed by atoms with Crippen LogP contribution < -0.4 is 0 Å². The number of rotatable bonds is 4. The van der Waals surface area contributed by atoms with E-state index in [4.69, 9.17) is 4.74 Å². The van der Waals surface area contributed by atoms with Gasteiger partial charge in [0, 0.05) is 4.83 Å². The second-order valence-electron chi connectivity index (χ2n) is 6.60. The van der Waals surface area contributed by atoms with Gasteiger partial charge >= 0.3 is 6.09 Å². The fraction of sp³-hybridized carbons (Fsp3) is 0.588. The van der Waals surface area contributed by atoms with Gasteiger partial charge in [-0.25, -0.2) is 13.2 Å². The van der Waals surface area contributed by atoms with Crippen LogP contribution in [-0.4, -0.2) is 36.3 Å². The standard InChI is InChI=1S/C17H22BrNO4S/c1-12-7-9-14(10-8-12)24(21,22)19-15(11-23-17(19)20)16(18)13-5-3-2-4-6-13/h7-10,13,15-16H,2-6,11H2,1H3. The third-order valence-corrected chi connectivity index (χ3v) is 8.07. The van der Waals surface area contributed by atoms with E-state index in [1.54, 1.807) is 12.1 Å². The minimum atomic E-state index is -3.91. The molecule has 0 radical (unpaired) electrons. The van der Waals surface area contributed by atoms with Crippen molar-refractivity contribution < 1.29 is 17.9 Å². The average Bonchev–Trinajstić information content (AvgIpc) is 2.98. The van der Waals surface area contributed by atoms with E-state index in [1.807, 2.05) is 6.92 Å². The van der Waals surface area contributed by atoms with Crippen LogP contribution in [0.1, 0.15) is 37.7 Å². The van der Waals surface area contributed by atoms with E-state index in [-0.39, 0.29) is 16.3 Å². The summed E-state index contributed by atoms with van der Waals surface area (Å²) in [6.45, 7) is 2.00. The van der Waals surface area contributed by atoms with Crippen molar-refractivity contribution in [2.45, 2.75) is 54.8 Å². The highest BCUT2D eigenvalue weighted by atomic mass is 79.9. The van der Waals surface area contributed by atoms with Crippen LogP contribution in [0.5, 0.6) is 0 Å². The summed E-state index contributed by atoms with van der Waals surface area (Å²) in [6.07, 6.45) is 4.86. The van der Waals surface area contributed by atoms with Crippen LogP contribution in [0.3, 0.4) is 0 Å². The second-order valence-corrected chi connectivity index (χ2v) is 9.47. The van der Waals surface area contributed by atoms with Crippen molar-refractivity contribution in [1.82, 2.24) is 4.31 Å². The highest BCUT2D eigenvalue weighted by Crippen LogP contribution is 2.37. The van der Waals surface area contributed by atoms with Crippen LogP contribution in [0.4, 0.5) is 4.79 Å². The number of benzene rings is 1. The fourth-order valence-corrected chi connectivity index (χ4v) is 6.09. The Labute approximate surface area is 151 Å². The van der Waals surface area contributed by atoms with E-state index in [1.165, 1.54) is 18.6 Å². The summed E-state index contributed by atoms with van der Waals surface area (Å²) in [6, 6.07) is 6.05. The Morgan fingerprint density at radius 2 is 1.79 bits per heavy atom. The molecular weight excluding hydrogens is 394 g/mol. The zero-order chi connectivity index (χ0) is 17.3. The van der Waals surface area contributed by atoms with Crippen molar-refractivity contribution in [1.29, 1.82) is 0 Å². The Morgan fingerprint density at radius 1 is 1.17 bits per heavy atom. The van der Waals surface area contributed by atoms with Gasteiger partial charge in [-0.15, -0.1) is 0 Å². The van der Waals surface area contributed by atoms with Crippen LogP contribution in [0.25, 0.3) is 0 Å². The van der Waals surface area contributed by atoms with Crippen molar-refractivity contribution in [3.8, 4) is 0 Å². The van der Waals surface area contributed by atoms with Crippen molar-refractivity contribution in [2.24, 2.45) is 5.92 Å². The molecule has 5 nitrogen and oxygen atoms in total. The summed E-state index contributed by atoms with van der Waals surface area (Å²) in [7, 11) is -3.91. The minimum absolute atomic E-state index is 0.0792. The van der Waals surface area contributed by atoms with Crippen LogP contribution in [0, 0.1) is 12.8 Å². The lowest BCUT2D eigenvalue weighted by atomic mass is 9.85. The summed E-state index contributed by atoms with van der Waals surface area (Å²) < 4.78 is 32.0. The summed E-state index contributed by atoms with van der Waals surface area (Å²) in [5.41, 5.74) is 0.968. The number of nitrogens with zero attached hydrogens (tertiary/aromatic N) is 1. The maximum absolute atomic E-state index is 13.0. The van der Waals surface area contributed by atoms with E-state index in [2.05, 4.69) is 15.9 Å². The Kier molecular flexibility index (Phi) is 5.20. The molecule has 2 unspecified atom stereocenters. The first-order chi connectivity index (χ1) is 11.4. The Hall–Kier alpha value is -1.08. The van der Waals surface area contributed by atoms with E-state index in [9.17, 15) is 13.2 Å². The van der Waals surface area contributed by atoms with Gasteiger partial charge in [0.15, 0.2) is 0 Å². The lowest BCUT2D eigenvalue weighted by Crippen LogP contribution is -2.46. The summed E-state index contributed by atoms with van der Waals surface area (Å²) in [5.74, 6) is 0.369. The van der Waals surface area contributed by atoms with Gasteiger partial charge in [-0.1, -0.05) is 52.9 Å². The maximum Gasteiger partial charge on any atom is 0.424 e. The van der Waals surface area contributed by atoms with Gasteiger partial charge in [-0.2, -0.15) is 4.31 Å². The zero-order valence-corrected chi connectivity index (χ0v) is 16.1. The summed E-state index contributed by atoms with van der Waals surface area (Å²) in [5, 5.41) is 0. The topological polar surface area (TPSA) is 63.7 Å². The molecule has 7 heteroatoms. The quantitative estimate of drug-likeness (QED) is 0.700. The number of amides is 1. The molecule has 0 bridgehead atoms. The number of cyclic esters (lactones) is 1. The maximum atomic E-state index is 13.0. The molecule has 2 aliphatic rings. The number of ether oxygens (including phenoxy) is 1. The molecule has 1 aromatic carbocycles. The normalized spacial score (nSPS) is 24.0. The molecule has 1 amide bonds. The highest BCUT2D eigenvalue weighted by Gasteiger charge is 2.47. The number of aryl methyl sites for hydroxylation is 1. The number of carbonyl (C=O) groups is 1. The number of hydrogen-bond donors (Lipinski definition) is 0. The first-order valence-electron chi connectivity index (χ1n) is 8.33. The smallest absolute Gasteiger partial charge is 0.424 e. The van der Waals surface area contributed by atoms with Gasteiger partial charge in [-0.3, -0.25) is 0 Å². The van der Waals surface area contributed by atoms with Crippen molar-refractivity contribution >= 4 is 32.0 Å². The van der Waals surface area contributed by atoms with Gasteiger partial charge in [0.1, 0.15) is 6.61 Å². The van der Waals surface area contributed by atoms with Gasteiger partial charge in [0.2, 0.25) is 0 Å². The molecule has 0 N–H and O–H groups in total. The third kappa shape index (κ3) is 3.33. The molecule has 1 aromatic rings. The molecule has 3 rings (SSSR count). The number of hydrogen-bond acceptors (Lipinski definition) is 4. The summed E-state index contributed by atoms with van der Waals surface area (Å²) in [4.78, 5) is 12.2. The monoisotopic (exact) mass is 415 g/mol. The van der Waals surface area contributed by atoms with Gasteiger partial charge in [0.05, 0.1) is 10.9 Å². The van der Waals surface area contributed by atoms with Gasteiger partial charge < -0.3 is 4.74 Å². The van der Waals surface area contributed by atoms with Gasteiger partial charge in [-0.05, 0) is 37.8 Å². The molecule has 1 aliphatic heterocycles. The number of carbonyl (C=O) groups excluding carboxylic acids is 1. The molecule has 0 spiro atoms. The second kappa shape index (κ2) is 7.04. The van der Waals surface area contributed by atoms with Crippen LogP contribution in [0.15, 0.2) is 29.2 Å². The molecule has 0 aromatic heterocycles. The van der Waals surface area contributed by atoms with Crippen LogP contribution in [-0.2, 0) is 14.8 Å². The summed E-state index contributed by atoms with van der Waals surface area (Å²) >= 11 is 3.67. The predicted octanol–water partition coefficient (Wildman–Crippen LogP) is 3.85. The van der Waals surface area contributed by atoms with E-state index in [0.717, 1.165) is 35.6 Å². The first kappa shape index (κ1) is 17.7. The molecule has 24 heavy (non-hydrogen) atoms. The molecule has 1 aliphatic carbocycles. The molecule has 1 heterocycles. The number of alkyl halides is 1. The third-order valence-electron chi connectivity index (χ3n) is 4.90. The average molecular weight is 416 g/mol. The molecule has 132 valence electrons. The van der Waals surface area contributed by atoms with Crippen LogP contribution >= 0.6 is 15.9 Å². The number of sulfonamides is 1. The van der Waals surface area contributed by atoms with Gasteiger partial charge in [0.25, 0.3) is 10.0 Å². The van der Waals surface area contributed by atoms with E-state index < -0.39 is 22.2 Å². The van der Waals surface area contributed by atoms with E-state index >= 15 is 0 Å². The van der Waals surface area contributed by atoms with Crippen molar-refractivity contribution in [2.75, 3.05) is 6.61 Å². The highest BCUT2D eigenvalue weighted by molar-refractivity contribution is 9.09. The fourth-order valence-electron chi connectivity index (χ4n) is 3.51. The Bertz CT molecular complexity index is 698. The zero-order valence-electron chi connectivity index (χ0n) is 13.7. The molecule has 2 fully saturated rings. The predicted molar refractivity (Wildman–Crippen MR) is 94.6 cm³/mol.